The molecule has 2 heterocycles. The van der Waals surface area contributed by atoms with Gasteiger partial charge in [0.2, 0.25) is 0 Å². The second-order valence-corrected chi connectivity index (χ2v) is 6.27. The minimum absolute atomic E-state index is 0.0411. The van der Waals surface area contributed by atoms with Gasteiger partial charge in [-0.25, -0.2) is 19.0 Å². The fourth-order valence-corrected chi connectivity index (χ4v) is 3.00. The second kappa shape index (κ2) is 7.14. The van der Waals surface area contributed by atoms with Crippen molar-refractivity contribution in [2.75, 3.05) is 13.1 Å². The number of para-hydroxylation sites is 1. The minimum atomic E-state index is -0.794. The summed E-state index contributed by atoms with van der Waals surface area (Å²) in [5.74, 6) is -0.610. The summed E-state index contributed by atoms with van der Waals surface area (Å²) in [6, 6.07) is 5.00. The van der Waals surface area contributed by atoms with Crippen LogP contribution in [0.4, 0.5) is 9.18 Å². The lowest BCUT2D eigenvalue weighted by molar-refractivity contribution is -0.0242. The molecule has 1 saturated heterocycles. The molecule has 134 valence electrons. The minimum Gasteiger partial charge on any atom is -0.252 e. The third-order valence-corrected chi connectivity index (χ3v) is 4.17. The van der Waals surface area contributed by atoms with Crippen LogP contribution in [0.5, 0.6) is 0 Å². The Labute approximate surface area is 144 Å². The van der Waals surface area contributed by atoms with Crippen molar-refractivity contribution in [2.45, 2.75) is 39.2 Å². The highest BCUT2D eigenvalue weighted by Crippen LogP contribution is 2.15. The van der Waals surface area contributed by atoms with E-state index >= 15 is 0 Å². The molecule has 1 fully saturated rings. The average molecular weight is 348 g/mol. The monoisotopic (exact) mass is 348 g/mol. The third-order valence-electron chi connectivity index (χ3n) is 4.17. The zero-order valence-corrected chi connectivity index (χ0v) is 14.3. The molecule has 1 aromatic heterocycles. The van der Waals surface area contributed by atoms with Crippen LogP contribution in [0.1, 0.15) is 33.1 Å². The Kier molecular flexibility index (Phi) is 4.93. The van der Waals surface area contributed by atoms with Crippen molar-refractivity contribution < 1.29 is 9.18 Å². The topological polar surface area (TPSA) is 76.3 Å². The van der Waals surface area contributed by atoms with Crippen LogP contribution in [0.3, 0.4) is 0 Å². The summed E-state index contributed by atoms with van der Waals surface area (Å²) in [7, 11) is 0. The maximum atomic E-state index is 13.9. The maximum Gasteiger partial charge on any atom is 0.377 e. The number of halogens is 1. The van der Waals surface area contributed by atoms with Gasteiger partial charge in [-0.3, -0.25) is 5.01 Å². The van der Waals surface area contributed by atoms with Crippen LogP contribution >= 0.6 is 0 Å². The standard InChI is InChI=1S/C16H21FN6O2/c1-12(2)23(20-10-6-3-7-11-20)16(25)22-15(24)21(18-19-22)14-9-5-4-8-13(14)17/h4-5,8-9,12H,3,6-7,10-11H2,1-2H3. The first kappa shape index (κ1) is 17.3. The summed E-state index contributed by atoms with van der Waals surface area (Å²) in [4.78, 5) is 25.4. The van der Waals surface area contributed by atoms with Gasteiger partial charge in [0.15, 0.2) is 0 Å². The van der Waals surface area contributed by atoms with Crippen LogP contribution in [0.2, 0.25) is 0 Å². The van der Waals surface area contributed by atoms with Crippen molar-refractivity contribution in [1.82, 2.24) is 29.8 Å². The van der Waals surface area contributed by atoms with Crippen molar-refractivity contribution in [2.24, 2.45) is 0 Å². The van der Waals surface area contributed by atoms with E-state index in [0.29, 0.717) is 4.68 Å². The molecule has 1 aliphatic rings. The number of piperidine rings is 1. The van der Waals surface area contributed by atoms with Crippen molar-refractivity contribution in [3.8, 4) is 5.69 Å². The molecule has 1 aromatic carbocycles. The zero-order valence-electron chi connectivity index (χ0n) is 14.3. The Hall–Kier alpha value is -2.55. The van der Waals surface area contributed by atoms with Crippen LogP contribution in [-0.4, -0.2) is 55.0 Å². The number of hydrogen-bond donors (Lipinski definition) is 0. The number of benzene rings is 1. The van der Waals surface area contributed by atoms with E-state index in [1.54, 1.807) is 6.07 Å². The Bertz CT molecular complexity index is 809. The molecule has 1 aliphatic heterocycles. The first-order chi connectivity index (χ1) is 12.0. The number of carbonyl (C=O) groups is 1. The van der Waals surface area contributed by atoms with E-state index < -0.39 is 17.5 Å². The van der Waals surface area contributed by atoms with E-state index in [4.69, 9.17) is 0 Å². The number of amides is 1. The molecule has 0 aliphatic carbocycles. The Morgan fingerprint density at radius 1 is 1.16 bits per heavy atom. The SMILES string of the molecule is CC(C)N(C(=O)n1nnn(-c2ccccc2F)c1=O)N1CCCCC1. The average Bonchev–Trinajstić information content (AvgIpc) is 2.97. The van der Waals surface area contributed by atoms with E-state index in [2.05, 4.69) is 10.4 Å². The number of tetrazole rings is 1. The number of rotatable bonds is 3. The van der Waals surface area contributed by atoms with Crippen LogP contribution in [-0.2, 0) is 0 Å². The number of carbonyl (C=O) groups excluding carboxylic acids is 1. The molecule has 0 unspecified atom stereocenters. The number of hydrogen-bond acceptors (Lipinski definition) is 5. The maximum absolute atomic E-state index is 13.9. The molecule has 8 nitrogen and oxygen atoms in total. The molecule has 0 spiro atoms. The van der Waals surface area contributed by atoms with Gasteiger partial charge in [0, 0.05) is 19.1 Å². The molecule has 0 radical (unpaired) electrons. The van der Waals surface area contributed by atoms with Gasteiger partial charge in [-0.05, 0) is 49.2 Å². The van der Waals surface area contributed by atoms with Gasteiger partial charge in [0.05, 0.1) is 0 Å². The molecule has 9 heteroatoms. The highest BCUT2D eigenvalue weighted by atomic mass is 19.1. The van der Waals surface area contributed by atoms with Gasteiger partial charge in [0.25, 0.3) is 0 Å². The molecule has 0 saturated carbocycles. The molecule has 2 aromatic rings. The van der Waals surface area contributed by atoms with Gasteiger partial charge >= 0.3 is 11.7 Å². The van der Waals surface area contributed by atoms with Crippen LogP contribution in [0.15, 0.2) is 29.1 Å². The largest absolute Gasteiger partial charge is 0.377 e. The molecule has 25 heavy (non-hydrogen) atoms. The van der Waals surface area contributed by atoms with E-state index in [0.717, 1.165) is 37.0 Å². The Morgan fingerprint density at radius 2 is 1.84 bits per heavy atom. The quantitative estimate of drug-likeness (QED) is 0.789. The van der Waals surface area contributed by atoms with Crippen molar-refractivity contribution >= 4 is 6.03 Å². The number of aromatic nitrogens is 4. The lowest BCUT2D eigenvalue weighted by atomic mass is 10.1. The summed E-state index contributed by atoms with van der Waals surface area (Å²) >= 11 is 0. The number of nitrogens with zero attached hydrogens (tertiary/aromatic N) is 6. The normalized spacial score (nSPS) is 15.5. The first-order valence-electron chi connectivity index (χ1n) is 8.39. The van der Waals surface area contributed by atoms with Gasteiger partial charge in [0.1, 0.15) is 11.5 Å². The van der Waals surface area contributed by atoms with Crippen LogP contribution in [0, 0.1) is 5.82 Å². The summed E-state index contributed by atoms with van der Waals surface area (Å²) < 4.78 is 15.4. The molecule has 3 rings (SSSR count). The number of hydrazine groups is 1. The van der Waals surface area contributed by atoms with Gasteiger partial charge in [-0.2, -0.15) is 4.68 Å². The fraction of sp³-hybridized carbons (Fsp3) is 0.500. The highest BCUT2D eigenvalue weighted by Gasteiger charge is 2.29. The predicted octanol–water partition coefficient (Wildman–Crippen LogP) is 1.65. The summed E-state index contributed by atoms with van der Waals surface area (Å²) in [5, 5.41) is 10.8. The van der Waals surface area contributed by atoms with Crippen LogP contribution in [0.25, 0.3) is 5.69 Å². The smallest absolute Gasteiger partial charge is 0.252 e. The summed E-state index contributed by atoms with van der Waals surface area (Å²) in [5.41, 5.74) is -0.835. The zero-order chi connectivity index (χ0) is 18.0. The lowest BCUT2D eigenvalue weighted by Gasteiger charge is -2.39. The van der Waals surface area contributed by atoms with E-state index in [1.165, 1.54) is 23.2 Å². The van der Waals surface area contributed by atoms with E-state index in [-0.39, 0.29) is 11.7 Å². The Morgan fingerprint density at radius 3 is 2.48 bits per heavy atom. The molecular weight excluding hydrogens is 327 g/mol. The fourth-order valence-electron chi connectivity index (χ4n) is 3.00. The second-order valence-electron chi connectivity index (χ2n) is 6.27. The third kappa shape index (κ3) is 3.32. The molecule has 0 atom stereocenters. The first-order valence-corrected chi connectivity index (χ1v) is 8.39. The van der Waals surface area contributed by atoms with Gasteiger partial charge in [-0.15, -0.1) is 4.68 Å². The predicted molar refractivity (Wildman–Crippen MR) is 88.8 cm³/mol. The van der Waals surface area contributed by atoms with Gasteiger partial charge in [-0.1, -0.05) is 18.6 Å². The lowest BCUT2D eigenvalue weighted by Crippen LogP contribution is -2.55. The highest BCUT2D eigenvalue weighted by molar-refractivity contribution is 5.75. The van der Waals surface area contributed by atoms with Crippen molar-refractivity contribution in [3.05, 3.63) is 40.6 Å². The van der Waals surface area contributed by atoms with Crippen molar-refractivity contribution in [1.29, 1.82) is 0 Å². The Balaban J connectivity index is 1.94. The van der Waals surface area contributed by atoms with E-state index in [1.807, 2.05) is 18.9 Å². The molecule has 0 bridgehead atoms. The summed E-state index contributed by atoms with van der Waals surface area (Å²) in [6.45, 7) is 5.25. The molecule has 1 amide bonds. The molecular formula is C16H21FN6O2. The summed E-state index contributed by atoms with van der Waals surface area (Å²) in [6.07, 6.45) is 3.11. The van der Waals surface area contributed by atoms with Gasteiger partial charge < -0.3 is 0 Å². The van der Waals surface area contributed by atoms with Crippen LogP contribution < -0.4 is 5.69 Å². The van der Waals surface area contributed by atoms with E-state index in [9.17, 15) is 14.0 Å². The molecule has 0 N–H and O–H groups in total. The van der Waals surface area contributed by atoms with Crippen molar-refractivity contribution in [3.63, 3.8) is 0 Å².